The van der Waals surface area contributed by atoms with E-state index in [4.69, 9.17) is 16.3 Å². The molecule has 0 saturated carbocycles. The lowest BCUT2D eigenvalue weighted by Gasteiger charge is -2.21. The molecule has 3 aromatic carbocycles. The summed E-state index contributed by atoms with van der Waals surface area (Å²) in [6.45, 7) is -0.729. The van der Waals surface area contributed by atoms with Crippen molar-refractivity contribution < 1.29 is 27.1 Å². The number of anilines is 2. The number of sulfonamides is 1. The average Bonchev–Trinajstić information content (AvgIpc) is 2.83. The van der Waals surface area contributed by atoms with Gasteiger partial charge in [-0.25, -0.2) is 18.2 Å². The van der Waals surface area contributed by atoms with Crippen LogP contribution in [-0.2, 0) is 19.6 Å². The molecule has 2 N–H and O–H groups in total. The number of rotatable bonds is 10. The van der Waals surface area contributed by atoms with Gasteiger partial charge in [-0.1, -0.05) is 17.7 Å². The van der Waals surface area contributed by atoms with E-state index in [1.165, 1.54) is 42.6 Å². The molecule has 0 aliphatic carbocycles. The number of carbonyl (C=O) groups excluding carboxylic acids is 2. The van der Waals surface area contributed by atoms with Gasteiger partial charge in [0.25, 0.3) is 11.8 Å². The van der Waals surface area contributed by atoms with E-state index < -0.39 is 34.2 Å². The largest absolute Gasteiger partial charge is 0.484 e. The van der Waals surface area contributed by atoms with Crippen LogP contribution in [0.5, 0.6) is 5.75 Å². The molecule has 0 spiro atoms. The van der Waals surface area contributed by atoms with Crippen molar-refractivity contribution in [1.29, 1.82) is 0 Å². The van der Waals surface area contributed by atoms with Gasteiger partial charge in [0, 0.05) is 10.7 Å². The standard InChI is InChI=1S/C24H22ClFN4O5S/c1-36(33,34)30(21-4-2-3-18(25)13-21)15-23(31)29-27-14-17-5-11-22(12-6-17)35-16-24(32)28-20-9-7-19(26)8-10-20/h2-14H,15-16H2,1H3,(H,28,32)(H,29,31)/b27-14-. The summed E-state index contributed by atoms with van der Waals surface area (Å²) in [7, 11) is -3.74. The van der Waals surface area contributed by atoms with Crippen LogP contribution in [0.4, 0.5) is 15.8 Å². The van der Waals surface area contributed by atoms with Crippen molar-refractivity contribution in [3.8, 4) is 5.75 Å². The molecular formula is C24H22ClFN4O5S. The first-order valence-corrected chi connectivity index (χ1v) is 12.7. The molecular weight excluding hydrogens is 511 g/mol. The number of hydrazone groups is 1. The van der Waals surface area contributed by atoms with E-state index >= 15 is 0 Å². The Labute approximate surface area is 212 Å². The fourth-order valence-corrected chi connectivity index (χ4v) is 3.94. The molecule has 9 nitrogen and oxygen atoms in total. The summed E-state index contributed by atoms with van der Waals surface area (Å²) in [5, 5.41) is 6.76. The predicted molar refractivity (Wildman–Crippen MR) is 136 cm³/mol. The van der Waals surface area contributed by atoms with Crippen LogP contribution >= 0.6 is 11.6 Å². The Morgan fingerprint density at radius 2 is 1.75 bits per heavy atom. The van der Waals surface area contributed by atoms with Crippen LogP contribution < -0.4 is 19.8 Å². The monoisotopic (exact) mass is 532 g/mol. The summed E-state index contributed by atoms with van der Waals surface area (Å²) in [5.41, 5.74) is 3.61. The molecule has 3 rings (SSSR count). The zero-order valence-electron chi connectivity index (χ0n) is 19.0. The van der Waals surface area contributed by atoms with Gasteiger partial charge in [-0.15, -0.1) is 0 Å². The van der Waals surface area contributed by atoms with Gasteiger partial charge in [0.15, 0.2) is 6.61 Å². The topological polar surface area (TPSA) is 117 Å². The Morgan fingerprint density at radius 1 is 1.06 bits per heavy atom. The number of halogens is 2. The van der Waals surface area contributed by atoms with Gasteiger partial charge in [-0.2, -0.15) is 5.10 Å². The number of amides is 2. The Morgan fingerprint density at radius 3 is 2.39 bits per heavy atom. The molecule has 0 fully saturated rings. The Bertz CT molecular complexity index is 1350. The van der Waals surface area contributed by atoms with Gasteiger partial charge in [0.05, 0.1) is 18.2 Å². The van der Waals surface area contributed by atoms with E-state index in [1.807, 2.05) is 0 Å². The molecule has 2 amide bonds. The third-order valence-electron chi connectivity index (χ3n) is 4.56. The lowest BCUT2D eigenvalue weighted by Crippen LogP contribution is -2.39. The lowest BCUT2D eigenvalue weighted by molar-refractivity contribution is -0.119. The molecule has 0 atom stereocenters. The minimum absolute atomic E-state index is 0.246. The van der Waals surface area contributed by atoms with E-state index in [0.717, 1.165) is 10.6 Å². The summed E-state index contributed by atoms with van der Waals surface area (Å²) in [6, 6.07) is 18.0. The van der Waals surface area contributed by atoms with Crippen molar-refractivity contribution >= 4 is 51.0 Å². The molecule has 0 heterocycles. The number of ether oxygens (including phenoxy) is 1. The molecule has 0 unspecified atom stereocenters. The van der Waals surface area contributed by atoms with Gasteiger partial charge in [-0.05, 0) is 72.3 Å². The molecule has 0 aliphatic rings. The highest BCUT2D eigenvalue weighted by molar-refractivity contribution is 7.92. The third-order valence-corrected chi connectivity index (χ3v) is 5.94. The summed E-state index contributed by atoms with van der Waals surface area (Å²) >= 11 is 5.93. The molecule has 12 heteroatoms. The molecule has 188 valence electrons. The van der Waals surface area contributed by atoms with E-state index in [0.29, 0.717) is 22.0 Å². The maximum absolute atomic E-state index is 12.9. The van der Waals surface area contributed by atoms with Gasteiger partial charge in [0.2, 0.25) is 10.0 Å². The molecule has 0 bridgehead atoms. The highest BCUT2D eigenvalue weighted by Gasteiger charge is 2.20. The molecule has 0 saturated heterocycles. The molecule has 36 heavy (non-hydrogen) atoms. The zero-order chi connectivity index (χ0) is 26.1. The van der Waals surface area contributed by atoms with Crippen molar-refractivity contribution in [3.05, 3.63) is 89.2 Å². The van der Waals surface area contributed by atoms with Crippen molar-refractivity contribution in [2.45, 2.75) is 0 Å². The lowest BCUT2D eigenvalue weighted by atomic mass is 10.2. The fourth-order valence-electron chi connectivity index (χ4n) is 2.91. The Balaban J connectivity index is 1.49. The molecule has 0 aliphatic heterocycles. The van der Waals surface area contributed by atoms with Crippen molar-refractivity contribution in [2.75, 3.05) is 29.0 Å². The van der Waals surface area contributed by atoms with Gasteiger partial charge in [-0.3, -0.25) is 13.9 Å². The first-order chi connectivity index (χ1) is 17.1. The maximum atomic E-state index is 12.9. The van der Waals surface area contributed by atoms with Crippen LogP contribution in [0.15, 0.2) is 77.9 Å². The number of benzene rings is 3. The number of nitrogens with one attached hydrogen (secondary N) is 2. The van der Waals surface area contributed by atoms with E-state index in [2.05, 4.69) is 15.8 Å². The Hall–Kier alpha value is -3.96. The van der Waals surface area contributed by atoms with Crippen LogP contribution in [-0.4, -0.2) is 45.9 Å². The van der Waals surface area contributed by atoms with Crippen LogP contribution in [0.1, 0.15) is 5.56 Å². The molecule has 0 radical (unpaired) electrons. The zero-order valence-corrected chi connectivity index (χ0v) is 20.6. The van der Waals surface area contributed by atoms with E-state index in [9.17, 15) is 22.4 Å². The van der Waals surface area contributed by atoms with Crippen LogP contribution in [0, 0.1) is 5.82 Å². The first kappa shape index (κ1) is 26.6. The second-order valence-corrected chi connectivity index (χ2v) is 9.80. The number of hydrogen-bond acceptors (Lipinski definition) is 6. The fraction of sp³-hybridized carbons (Fsp3) is 0.125. The SMILES string of the molecule is CS(=O)(=O)N(CC(=O)N/N=C\c1ccc(OCC(=O)Nc2ccc(F)cc2)cc1)c1cccc(Cl)c1. The maximum Gasteiger partial charge on any atom is 0.262 e. The minimum Gasteiger partial charge on any atom is -0.484 e. The number of hydrogen-bond donors (Lipinski definition) is 2. The molecule has 3 aromatic rings. The highest BCUT2D eigenvalue weighted by atomic mass is 35.5. The van der Waals surface area contributed by atoms with Crippen LogP contribution in [0.25, 0.3) is 0 Å². The normalized spacial score (nSPS) is 11.2. The molecule has 0 aromatic heterocycles. The van der Waals surface area contributed by atoms with Crippen LogP contribution in [0.3, 0.4) is 0 Å². The predicted octanol–water partition coefficient (Wildman–Crippen LogP) is 3.41. The summed E-state index contributed by atoms with van der Waals surface area (Å²) < 4.78 is 43.5. The van der Waals surface area contributed by atoms with Gasteiger partial charge < -0.3 is 10.1 Å². The summed E-state index contributed by atoms with van der Waals surface area (Å²) in [6.07, 6.45) is 2.35. The van der Waals surface area contributed by atoms with Crippen molar-refractivity contribution in [3.63, 3.8) is 0 Å². The van der Waals surface area contributed by atoms with Crippen molar-refractivity contribution in [1.82, 2.24) is 5.43 Å². The van der Waals surface area contributed by atoms with Crippen LogP contribution in [0.2, 0.25) is 5.02 Å². The van der Waals surface area contributed by atoms with Crippen molar-refractivity contribution in [2.24, 2.45) is 5.10 Å². The Kier molecular flexibility index (Phi) is 8.98. The van der Waals surface area contributed by atoms with Gasteiger partial charge >= 0.3 is 0 Å². The first-order valence-electron chi connectivity index (χ1n) is 10.4. The highest BCUT2D eigenvalue weighted by Crippen LogP contribution is 2.21. The van der Waals surface area contributed by atoms with Gasteiger partial charge in [0.1, 0.15) is 18.1 Å². The van der Waals surface area contributed by atoms with E-state index in [-0.39, 0.29) is 12.3 Å². The smallest absolute Gasteiger partial charge is 0.262 e. The second kappa shape index (κ2) is 12.1. The second-order valence-electron chi connectivity index (χ2n) is 7.46. The number of nitrogens with zero attached hydrogens (tertiary/aromatic N) is 2. The van der Waals surface area contributed by atoms with E-state index in [1.54, 1.807) is 36.4 Å². The number of carbonyl (C=O) groups is 2. The minimum atomic E-state index is -3.74. The third kappa shape index (κ3) is 8.36. The summed E-state index contributed by atoms with van der Waals surface area (Å²) in [5.74, 6) is -1.03. The quantitative estimate of drug-likeness (QED) is 0.306. The average molecular weight is 533 g/mol. The summed E-state index contributed by atoms with van der Waals surface area (Å²) in [4.78, 5) is 24.2.